The molecule has 1 aromatic carbocycles. The molecule has 0 aliphatic carbocycles. The lowest BCUT2D eigenvalue weighted by atomic mass is 9.95. The SMILES string of the molecule is CC#CCN1C(=O)NC(=O)C(c2ccc(F)cc2)C1=O. The Kier molecular flexibility index (Phi) is 3.80. The van der Waals surface area contributed by atoms with Crippen molar-refractivity contribution in [3.8, 4) is 11.8 Å². The highest BCUT2D eigenvalue weighted by molar-refractivity contribution is 6.19. The fraction of sp³-hybridized carbons (Fsp3) is 0.214. The summed E-state index contributed by atoms with van der Waals surface area (Å²) in [6, 6.07) is 4.21. The number of nitrogens with one attached hydrogen (secondary N) is 1. The number of carbonyl (C=O) groups is 3. The molecule has 5 nitrogen and oxygen atoms in total. The van der Waals surface area contributed by atoms with Crippen LogP contribution in [0.4, 0.5) is 9.18 Å². The lowest BCUT2D eigenvalue weighted by molar-refractivity contribution is -0.138. The predicted molar refractivity (Wildman–Crippen MR) is 67.8 cm³/mol. The van der Waals surface area contributed by atoms with Gasteiger partial charge in [-0.2, -0.15) is 0 Å². The maximum absolute atomic E-state index is 12.9. The first kappa shape index (κ1) is 13.7. The number of nitrogens with zero attached hydrogens (tertiary/aromatic N) is 1. The summed E-state index contributed by atoms with van der Waals surface area (Å²) in [5, 5.41) is 2.10. The van der Waals surface area contributed by atoms with Crippen molar-refractivity contribution in [2.75, 3.05) is 6.54 Å². The summed E-state index contributed by atoms with van der Waals surface area (Å²) in [5.74, 6) is 2.16. The second-order valence-electron chi connectivity index (χ2n) is 4.13. The molecule has 0 bridgehead atoms. The predicted octanol–water partition coefficient (Wildman–Crippen LogP) is 1.01. The van der Waals surface area contributed by atoms with Crippen molar-refractivity contribution < 1.29 is 18.8 Å². The van der Waals surface area contributed by atoms with Crippen molar-refractivity contribution in [3.05, 3.63) is 35.6 Å². The first-order valence-corrected chi connectivity index (χ1v) is 5.86. The van der Waals surface area contributed by atoms with Crippen molar-refractivity contribution in [1.29, 1.82) is 0 Å². The van der Waals surface area contributed by atoms with Gasteiger partial charge in [-0.15, -0.1) is 5.92 Å². The Hall–Kier alpha value is -2.68. The van der Waals surface area contributed by atoms with E-state index in [2.05, 4.69) is 17.2 Å². The molecule has 0 radical (unpaired) electrons. The molecule has 1 N–H and O–H groups in total. The van der Waals surface area contributed by atoms with Crippen LogP contribution in [-0.2, 0) is 9.59 Å². The Labute approximate surface area is 114 Å². The van der Waals surface area contributed by atoms with Gasteiger partial charge < -0.3 is 0 Å². The third-order valence-electron chi connectivity index (χ3n) is 2.87. The van der Waals surface area contributed by atoms with Gasteiger partial charge >= 0.3 is 6.03 Å². The zero-order valence-corrected chi connectivity index (χ0v) is 10.6. The number of urea groups is 1. The molecule has 20 heavy (non-hydrogen) atoms. The highest BCUT2D eigenvalue weighted by atomic mass is 19.1. The lowest BCUT2D eigenvalue weighted by Gasteiger charge is -2.28. The molecule has 1 fully saturated rings. The van der Waals surface area contributed by atoms with Gasteiger partial charge in [0.15, 0.2) is 0 Å². The number of hydrogen-bond acceptors (Lipinski definition) is 3. The molecule has 1 aliphatic rings. The average Bonchev–Trinajstić information content (AvgIpc) is 2.40. The van der Waals surface area contributed by atoms with E-state index in [-0.39, 0.29) is 6.54 Å². The molecule has 1 saturated heterocycles. The highest BCUT2D eigenvalue weighted by Gasteiger charge is 2.40. The van der Waals surface area contributed by atoms with Gasteiger partial charge in [-0.3, -0.25) is 19.8 Å². The Bertz CT molecular complexity index is 628. The van der Waals surface area contributed by atoms with E-state index in [0.717, 1.165) is 17.0 Å². The van der Waals surface area contributed by atoms with Gasteiger partial charge in [0.25, 0.3) is 0 Å². The van der Waals surface area contributed by atoms with E-state index in [1.54, 1.807) is 6.92 Å². The van der Waals surface area contributed by atoms with Gasteiger partial charge in [-0.1, -0.05) is 18.1 Å². The fourth-order valence-electron chi connectivity index (χ4n) is 1.87. The van der Waals surface area contributed by atoms with Crippen molar-refractivity contribution in [3.63, 3.8) is 0 Å². The zero-order chi connectivity index (χ0) is 14.7. The Balaban J connectivity index is 2.33. The minimum absolute atomic E-state index is 0.0911. The van der Waals surface area contributed by atoms with Crippen molar-refractivity contribution in [1.82, 2.24) is 10.2 Å². The third kappa shape index (κ3) is 2.52. The van der Waals surface area contributed by atoms with Gasteiger partial charge in [-0.25, -0.2) is 9.18 Å². The maximum Gasteiger partial charge on any atom is 0.331 e. The molecular weight excluding hydrogens is 263 g/mol. The molecule has 1 atom stereocenters. The van der Waals surface area contributed by atoms with E-state index in [0.29, 0.717) is 5.56 Å². The smallest absolute Gasteiger partial charge is 0.277 e. The second kappa shape index (κ2) is 5.53. The number of barbiturate groups is 1. The number of amides is 4. The zero-order valence-electron chi connectivity index (χ0n) is 10.6. The van der Waals surface area contributed by atoms with E-state index in [1.165, 1.54) is 12.1 Å². The van der Waals surface area contributed by atoms with Gasteiger partial charge in [-0.05, 0) is 24.6 Å². The van der Waals surface area contributed by atoms with E-state index >= 15 is 0 Å². The minimum Gasteiger partial charge on any atom is -0.277 e. The summed E-state index contributed by atoms with van der Waals surface area (Å²) in [5.41, 5.74) is 0.329. The number of halogens is 1. The van der Waals surface area contributed by atoms with Crippen LogP contribution in [-0.4, -0.2) is 29.3 Å². The van der Waals surface area contributed by atoms with Crippen molar-refractivity contribution >= 4 is 17.8 Å². The second-order valence-corrected chi connectivity index (χ2v) is 4.13. The van der Waals surface area contributed by atoms with E-state index in [9.17, 15) is 18.8 Å². The van der Waals surface area contributed by atoms with Crippen LogP contribution >= 0.6 is 0 Å². The molecule has 1 heterocycles. The van der Waals surface area contributed by atoms with Crippen molar-refractivity contribution in [2.45, 2.75) is 12.8 Å². The van der Waals surface area contributed by atoms with E-state index in [1.807, 2.05) is 0 Å². The maximum atomic E-state index is 12.9. The minimum atomic E-state index is -1.16. The monoisotopic (exact) mass is 274 g/mol. The van der Waals surface area contributed by atoms with Gasteiger partial charge in [0, 0.05) is 0 Å². The fourth-order valence-corrected chi connectivity index (χ4v) is 1.87. The van der Waals surface area contributed by atoms with Crippen LogP contribution < -0.4 is 5.32 Å². The van der Waals surface area contributed by atoms with Gasteiger partial charge in [0.05, 0.1) is 6.54 Å². The van der Waals surface area contributed by atoms with E-state index < -0.39 is 29.6 Å². The van der Waals surface area contributed by atoms with E-state index in [4.69, 9.17) is 0 Å². The quantitative estimate of drug-likeness (QED) is 0.646. The summed E-state index contributed by atoms with van der Waals surface area (Å²) < 4.78 is 12.9. The van der Waals surface area contributed by atoms with Gasteiger partial charge in [0.2, 0.25) is 11.8 Å². The molecule has 0 spiro atoms. The van der Waals surface area contributed by atoms with Crippen LogP contribution in [0, 0.1) is 17.7 Å². The van der Waals surface area contributed by atoms with Crippen LogP contribution in [0.1, 0.15) is 18.4 Å². The largest absolute Gasteiger partial charge is 0.331 e. The van der Waals surface area contributed by atoms with Crippen LogP contribution in [0.2, 0.25) is 0 Å². The topological polar surface area (TPSA) is 66.5 Å². The molecular formula is C14H11FN2O3. The first-order valence-electron chi connectivity index (χ1n) is 5.86. The summed E-state index contributed by atoms with van der Waals surface area (Å²) in [4.78, 5) is 36.5. The average molecular weight is 274 g/mol. The molecule has 6 heteroatoms. The molecule has 1 aliphatic heterocycles. The molecule has 1 unspecified atom stereocenters. The number of benzene rings is 1. The number of rotatable bonds is 2. The first-order chi connectivity index (χ1) is 9.54. The summed E-state index contributed by atoms with van der Waals surface area (Å²) >= 11 is 0. The van der Waals surface area contributed by atoms with Crippen LogP contribution in [0.3, 0.4) is 0 Å². The number of carbonyl (C=O) groups excluding carboxylic acids is 3. The molecule has 102 valence electrons. The van der Waals surface area contributed by atoms with Gasteiger partial charge in [0.1, 0.15) is 11.7 Å². The third-order valence-corrected chi connectivity index (χ3v) is 2.87. The Morgan fingerprint density at radius 2 is 1.90 bits per heavy atom. The molecule has 0 saturated carbocycles. The Morgan fingerprint density at radius 3 is 2.50 bits per heavy atom. The normalized spacial score (nSPS) is 18.4. The summed E-state index contributed by atoms with van der Waals surface area (Å²) in [6.45, 7) is 1.49. The van der Waals surface area contributed by atoms with Crippen molar-refractivity contribution in [2.24, 2.45) is 0 Å². The number of hydrogen-bond donors (Lipinski definition) is 1. The summed E-state index contributed by atoms with van der Waals surface area (Å²) in [6.07, 6.45) is 0. The lowest BCUT2D eigenvalue weighted by Crippen LogP contribution is -2.56. The highest BCUT2D eigenvalue weighted by Crippen LogP contribution is 2.22. The molecule has 4 amide bonds. The van der Waals surface area contributed by atoms with Crippen LogP contribution in [0.5, 0.6) is 0 Å². The molecule has 1 aromatic rings. The van der Waals surface area contributed by atoms with Crippen LogP contribution in [0.25, 0.3) is 0 Å². The summed E-state index contributed by atoms with van der Waals surface area (Å²) in [7, 11) is 0. The number of imide groups is 2. The van der Waals surface area contributed by atoms with Crippen LogP contribution in [0.15, 0.2) is 24.3 Å². The molecule has 0 aromatic heterocycles. The molecule has 2 rings (SSSR count). The Morgan fingerprint density at radius 1 is 1.25 bits per heavy atom. The standard InChI is InChI=1S/C14H11FN2O3/c1-2-3-8-17-13(19)11(12(18)16-14(17)20)9-4-6-10(15)7-5-9/h4-7,11H,8H2,1H3,(H,16,18,20).